The topological polar surface area (TPSA) is 33.3 Å². The standard InChI is InChI=1S/C10H24N2O/c1-4-7-12-10(6-8-11-3)13-9-5-2/h10-12H,4-9H2,1-3H3/t10-/m1/s1. The Morgan fingerprint density at radius 3 is 2.46 bits per heavy atom. The van der Waals surface area contributed by atoms with Crippen LogP contribution in [0.5, 0.6) is 0 Å². The zero-order valence-electron chi connectivity index (χ0n) is 9.23. The van der Waals surface area contributed by atoms with E-state index in [2.05, 4.69) is 24.5 Å². The molecule has 3 heteroatoms. The lowest BCUT2D eigenvalue weighted by Crippen LogP contribution is -2.35. The first-order valence-corrected chi connectivity index (χ1v) is 5.34. The summed E-state index contributed by atoms with van der Waals surface area (Å²) in [6.45, 7) is 7.20. The number of hydrogen-bond acceptors (Lipinski definition) is 3. The molecule has 1 atom stereocenters. The first kappa shape index (κ1) is 12.9. The smallest absolute Gasteiger partial charge is 0.109 e. The van der Waals surface area contributed by atoms with E-state index in [0.717, 1.165) is 39.0 Å². The van der Waals surface area contributed by atoms with Crippen LogP contribution in [0.4, 0.5) is 0 Å². The van der Waals surface area contributed by atoms with E-state index in [1.54, 1.807) is 0 Å². The summed E-state index contributed by atoms with van der Waals surface area (Å²) in [6, 6.07) is 0. The SMILES string of the molecule is CCCN[C@@H](CCNC)OCCC. The molecule has 0 amide bonds. The van der Waals surface area contributed by atoms with E-state index in [1.807, 2.05) is 7.05 Å². The predicted molar refractivity (Wildman–Crippen MR) is 56.9 cm³/mol. The maximum atomic E-state index is 5.64. The van der Waals surface area contributed by atoms with E-state index in [1.165, 1.54) is 0 Å². The molecule has 0 aromatic rings. The van der Waals surface area contributed by atoms with E-state index >= 15 is 0 Å². The van der Waals surface area contributed by atoms with Gasteiger partial charge in [-0.2, -0.15) is 0 Å². The van der Waals surface area contributed by atoms with Crippen molar-refractivity contribution >= 4 is 0 Å². The molecular weight excluding hydrogens is 164 g/mol. The molecule has 0 aromatic heterocycles. The van der Waals surface area contributed by atoms with Gasteiger partial charge in [-0.05, 0) is 39.4 Å². The van der Waals surface area contributed by atoms with Crippen LogP contribution in [-0.4, -0.2) is 33.0 Å². The minimum atomic E-state index is 0.229. The second-order valence-electron chi connectivity index (χ2n) is 3.21. The van der Waals surface area contributed by atoms with Crippen molar-refractivity contribution in [2.45, 2.75) is 39.3 Å². The Kier molecular flexibility index (Phi) is 9.87. The van der Waals surface area contributed by atoms with Gasteiger partial charge in [0.1, 0.15) is 6.23 Å². The molecule has 0 unspecified atom stereocenters. The number of ether oxygens (including phenoxy) is 1. The predicted octanol–water partition coefficient (Wildman–Crippen LogP) is 1.35. The fraction of sp³-hybridized carbons (Fsp3) is 1.00. The van der Waals surface area contributed by atoms with E-state index in [0.29, 0.717) is 0 Å². The first-order valence-electron chi connectivity index (χ1n) is 5.34. The van der Waals surface area contributed by atoms with E-state index in [9.17, 15) is 0 Å². The maximum absolute atomic E-state index is 5.64. The van der Waals surface area contributed by atoms with Crippen LogP contribution < -0.4 is 10.6 Å². The van der Waals surface area contributed by atoms with Crippen molar-refractivity contribution in [2.24, 2.45) is 0 Å². The lowest BCUT2D eigenvalue weighted by atomic mass is 10.3. The molecule has 0 spiro atoms. The molecule has 0 saturated heterocycles. The highest BCUT2D eigenvalue weighted by Crippen LogP contribution is 1.95. The van der Waals surface area contributed by atoms with E-state index in [4.69, 9.17) is 4.74 Å². The van der Waals surface area contributed by atoms with Gasteiger partial charge in [0.05, 0.1) is 0 Å². The molecule has 0 saturated carbocycles. The fourth-order valence-corrected chi connectivity index (χ4v) is 1.09. The third kappa shape index (κ3) is 8.22. The van der Waals surface area contributed by atoms with Gasteiger partial charge < -0.3 is 10.1 Å². The molecule has 0 aliphatic rings. The van der Waals surface area contributed by atoms with Crippen molar-refractivity contribution in [3.8, 4) is 0 Å². The van der Waals surface area contributed by atoms with Crippen molar-refractivity contribution in [3.63, 3.8) is 0 Å². The van der Waals surface area contributed by atoms with Crippen LogP contribution >= 0.6 is 0 Å². The molecule has 0 bridgehead atoms. The Balaban J connectivity index is 3.47. The zero-order valence-corrected chi connectivity index (χ0v) is 9.23. The average Bonchev–Trinajstić information content (AvgIpc) is 2.17. The highest BCUT2D eigenvalue weighted by atomic mass is 16.5. The summed E-state index contributed by atoms with van der Waals surface area (Å²) in [7, 11) is 1.97. The molecule has 2 N–H and O–H groups in total. The Labute approximate surface area is 82.2 Å². The summed E-state index contributed by atoms with van der Waals surface area (Å²) in [6.07, 6.45) is 3.51. The molecule has 0 heterocycles. The van der Waals surface area contributed by atoms with Gasteiger partial charge in [-0.25, -0.2) is 0 Å². The minimum Gasteiger partial charge on any atom is -0.363 e. The Bertz CT molecular complexity index is 79.9. The molecule has 0 radical (unpaired) electrons. The molecule has 0 fully saturated rings. The van der Waals surface area contributed by atoms with Crippen LogP contribution in [0.25, 0.3) is 0 Å². The van der Waals surface area contributed by atoms with Crippen LogP contribution in [0, 0.1) is 0 Å². The van der Waals surface area contributed by atoms with Crippen molar-refractivity contribution in [3.05, 3.63) is 0 Å². The zero-order chi connectivity index (χ0) is 9.94. The first-order chi connectivity index (χ1) is 6.35. The average molecular weight is 188 g/mol. The minimum absolute atomic E-state index is 0.229. The molecule has 80 valence electrons. The number of nitrogens with one attached hydrogen (secondary N) is 2. The van der Waals surface area contributed by atoms with Gasteiger partial charge in [0.15, 0.2) is 0 Å². The quantitative estimate of drug-likeness (QED) is 0.536. The molecule has 0 aliphatic carbocycles. The van der Waals surface area contributed by atoms with Crippen molar-refractivity contribution in [2.75, 3.05) is 26.7 Å². The third-order valence-corrected chi connectivity index (χ3v) is 1.80. The number of hydrogen-bond donors (Lipinski definition) is 2. The lowest BCUT2D eigenvalue weighted by molar-refractivity contribution is 0.0252. The third-order valence-electron chi connectivity index (χ3n) is 1.80. The van der Waals surface area contributed by atoms with E-state index in [-0.39, 0.29) is 6.23 Å². The molecule has 0 aliphatic heterocycles. The highest BCUT2D eigenvalue weighted by Gasteiger charge is 2.05. The van der Waals surface area contributed by atoms with Crippen molar-refractivity contribution in [1.82, 2.24) is 10.6 Å². The summed E-state index contributed by atoms with van der Waals surface area (Å²) < 4.78 is 5.64. The second kappa shape index (κ2) is 9.96. The molecular formula is C10H24N2O. The van der Waals surface area contributed by atoms with Gasteiger partial charge in [-0.3, -0.25) is 5.32 Å². The van der Waals surface area contributed by atoms with Gasteiger partial charge in [-0.15, -0.1) is 0 Å². The maximum Gasteiger partial charge on any atom is 0.109 e. The molecule has 13 heavy (non-hydrogen) atoms. The fourth-order valence-electron chi connectivity index (χ4n) is 1.09. The van der Waals surface area contributed by atoms with Gasteiger partial charge in [0.2, 0.25) is 0 Å². The van der Waals surface area contributed by atoms with Crippen LogP contribution in [0.15, 0.2) is 0 Å². The summed E-state index contributed by atoms with van der Waals surface area (Å²) in [4.78, 5) is 0. The number of rotatable bonds is 9. The van der Waals surface area contributed by atoms with Crippen LogP contribution in [-0.2, 0) is 4.74 Å². The van der Waals surface area contributed by atoms with Gasteiger partial charge in [0, 0.05) is 6.61 Å². The van der Waals surface area contributed by atoms with Gasteiger partial charge in [-0.1, -0.05) is 13.8 Å². The summed E-state index contributed by atoms with van der Waals surface area (Å²) in [5.41, 5.74) is 0. The molecule has 3 nitrogen and oxygen atoms in total. The van der Waals surface area contributed by atoms with E-state index < -0.39 is 0 Å². The van der Waals surface area contributed by atoms with Crippen molar-refractivity contribution < 1.29 is 4.74 Å². The van der Waals surface area contributed by atoms with Crippen LogP contribution in [0.3, 0.4) is 0 Å². The monoisotopic (exact) mass is 188 g/mol. The van der Waals surface area contributed by atoms with Gasteiger partial charge >= 0.3 is 0 Å². The van der Waals surface area contributed by atoms with Crippen LogP contribution in [0.1, 0.15) is 33.1 Å². The Morgan fingerprint density at radius 1 is 1.15 bits per heavy atom. The highest BCUT2D eigenvalue weighted by molar-refractivity contribution is 4.57. The Morgan fingerprint density at radius 2 is 1.92 bits per heavy atom. The summed E-state index contributed by atoms with van der Waals surface area (Å²) in [5, 5.41) is 6.51. The summed E-state index contributed by atoms with van der Waals surface area (Å²) in [5.74, 6) is 0. The van der Waals surface area contributed by atoms with Crippen molar-refractivity contribution in [1.29, 1.82) is 0 Å². The lowest BCUT2D eigenvalue weighted by Gasteiger charge is -2.18. The second-order valence-corrected chi connectivity index (χ2v) is 3.21. The van der Waals surface area contributed by atoms with Crippen LogP contribution in [0.2, 0.25) is 0 Å². The molecule has 0 rings (SSSR count). The van der Waals surface area contributed by atoms with Gasteiger partial charge in [0.25, 0.3) is 0 Å². The normalized spacial score (nSPS) is 13.2. The largest absolute Gasteiger partial charge is 0.363 e. The summed E-state index contributed by atoms with van der Waals surface area (Å²) >= 11 is 0. The Hall–Kier alpha value is -0.120. The molecule has 0 aromatic carbocycles.